The number of rotatable bonds is 7. The third-order valence-electron chi connectivity index (χ3n) is 3.33. The van der Waals surface area contributed by atoms with Crippen LogP contribution in [0.15, 0.2) is 41.0 Å². The quantitative estimate of drug-likeness (QED) is 0.815. The van der Waals surface area contributed by atoms with E-state index in [1.807, 2.05) is 18.2 Å². The lowest BCUT2D eigenvalue weighted by atomic mass is 10.0. The van der Waals surface area contributed by atoms with Crippen molar-refractivity contribution in [2.75, 3.05) is 0 Å². The first kappa shape index (κ1) is 15.6. The zero-order valence-corrected chi connectivity index (χ0v) is 13.3. The molecule has 114 valence electrons. The minimum Gasteiger partial charge on any atom is -0.486 e. The van der Waals surface area contributed by atoms with Crippen molar-refractivity contribution in [3.05, 3.63) is 53.5 Å². The summed E-state index contributed by atoms with van der Waals surface area (Å²) in [5, 5.41) is 3.37. The standard InChI is InChI=1S/C18H25NO2/c1-13(2)16-6-5-7-17(9-16)21-12-18-8-15(11-20-18)10-19-14(3)4/h5-9,11,13-14,19H,10,12H2,1-4H3. The fourth-order valence-corrected chi connectivity index (χ4v) is 2.03. The molecule has 1 aromatic carbocycles. The van der Waals surface area contributed by atoms with Gasteiger partial charge in [-0.05, 0) is 29.7 Å². The van der Waals surface area contributed by atoms with Gasteiger partial charge in [0, 0.05) is 18.2 Å². The molecule has 2 rings (SSSR count). The molecule has 1 N–H and O–H groups in total. The SMILES string of the molecule is CC(C)NCc1coc(COc2cccc(C(C)C)c2)c1. The van der Waals surface area contributed by atoms with Crippen molar-refractivity contribution in [3.8, 4) is 5.75 Å². The van der Waals surface area contributed by atoms with Gasteiger partial charge in [-0.25, -0.2) is 0 Å². The Bertz CT molecular complexity index is 558. The maximum atomic E-state index is 5.81. The lowest BCUT2D eigenvalue weighted by Gasteiger charge is -2.09. The van der Waals surface area contributed by atoms with Gasteiger partial charge in [-0.2, -0.15) is 0 Å². The molecule has 0 bridgehead atoms. The number of benzene rings is 1. The molecule has 0 atom stereocenters. The zero-order chi connectivity index (χ0) is 15.2. The van der Waals surface area contributed by atoms with Crippen molar-refractivity contribution in [1.29, 1.82) is 0 Å². The molecule has 0 aliphatic heterocycles. The van der Waals surface area contributed by atoms with Gasteiger partial charge >= 0.3 is 0 Å². The second-order valence-electron chi connectivity index (χ2n) is 5.97. The lowest BCUT2D eigenvalue weighted by molar-refractivity contribution is 0.270. The van der Waals surface area contributed by atoms with E-state index in [1.54, 1.807) is 6.26 Å². The summed E-state index contributed by atoms with van der Waals surface area (Å²) in [5.74, 6) is 2.25. The molecule has 0 spiro atoms. The summed E-state index contributed by atoms with van der Waals surface area (Å²) in [5.41, 5.74) is 2.44. The van der Waals surface area contributed by atoms with Crippen LogP contribution in [-0.2, 0) is 13.2 Å². The highest BCUT2D eigenvalue weighted by atomic mass is 16.5. The fraction of sp³-hybridized carbons (Fsp3) is 0.444. The van der Waals surface area contributed by atoms with E-state index in [0.717, 1.165) is 23.6 Å². The lowest BCUT2D eigenvalue weighted by Crippen LogP contribution is -2.21. The second-order valence-corrected chi connectivity index (χ2v) is 5.97. The van der Waals surface area contributed by atoms with E-state index >= 15 is 0 Å². The van der Waals surface area contributed by atoms with Crippen molar-refractivity contribution >= 4 is 0 Å². The number of nitrogens with one attached hydrogen (secondary N) is 1. The van der Waals surface area contributed by atoms with Crippen molar-refractivity contribution < 1.29 is 9.15 Å². The molecule has 0 fully saturated rings. The number of hydrogen-bond acceptors (Lipinski definition) is 3. The van der Waals surface area contributed by atoms with Crippen LogP contribution in [0, 0.1) is 0 Å². The molecule has 0 saturated carbocycles. The average molecular weight is 287 g/mol. The first-order chi connectivity index (χ1) is 10.0. The first-order valence-corrected chi connectivity index (χ1v) is 7.57. The molecule has 0 amide bonds. The molecular formula is C18H25NO2. The van der Waals surface area contributed by atoms with Gasteiger partial charge in [-0.3, -0.25) is 0 Å². The van der Waals surface area contributed by atoms with Crippen LogP contribution in [0.5, 0.6) is 5.75 Å². The number of furan rings is 1. The van der Waals surface area contributed by atoms with Gasteiger partial charge in [0.05, 0.1) is 6.26 Å². The molecule has 1 aromatic heterocycles. The third-order valence-corrected chi connectivity index (χ3v) is 3.33. The summed E-state index contributed by atoms with van der Waals surface area (Å²) in [6.07, 6.45) is 1.79. The van der Waals surface area contributed by atoms with Gasteiger partial charge in [0.15, 0.2) is 0 Å². The predicted molar refractivity (Wildman–Crippen MR) is 85.5 cm³/mol. The van der Waals surface area contributed by atoms with E-state index in [0.29, 0.717) is 18.6 Å². The van der Waals surface area contributed by atoms with E-state index in [2.05, 4.69) is 45.1 Å². The maximum absolute atomic E-state index is 5.81. The molecule has 3 heteroatoms. The molecule has 0 saturated heterocycles. The monoisotopic (exact) mass is 287 g/mol. The maximum Gasteiger partial charge on any atom is 0.146 e. The summed E-state index contributed by atoms with van der Waals surface area (Å²) >= 11 is 0. The van der Waals surface area contributed by atoms with Crippen LogP contribution in [0.3, 0.4) is 0 Å². The first-order valence-electron chi connectivity index (χ1n) is 7.57. The zero-order valence-electron chi connectivity index (χ0n) is 13.3. The Labute approximate surface area is 127 Å². The molecule has 3 nitrogen and oxygen atoms in total. The topological polar surface area (TPSA) is 34.4 Å². The Morgan fingerprint density at radius 3 is 2.67 bits per heavy atom. The van der Waals surface area contributed by atoms with Crippen LogP contribution in [0.1, 0.15) is 50.5 Å². The van der Waals surface area contributed by atoms with Gasteiger partial charge in [-0.1, -0.05) is 39.8 Å². The van der Waals surface area contributed by atoms with Crippen LogP contribution < -0.4 is 10.1 Å². The van der Waals surface area contributed by atoms with E-state index in [9.17, 15) is 0 Å². The molecule has 1 heterocycles. The Morgan fingerprint density at radius 1 is 1.14 bits per heavy atom. The summed E-state index contributed by atoms with van der Waals surface area (Å²) < 4.78 is 11.3. The predicted octanol–water partition coefficient (Wildman–Crippen LogP) is 4.48. The Hall–Kier alpha value is -1.74. The van der Waals surface area contributed by atoms with E-state index < -0.39 is 0 Å². The second kappa shape index (κ2) is 7.32. The normalized spacial score (nSPS) is 11.3. The van der Waals surface area contributed by atoms with Crippen LogP contribution in [0.4, 0.5) is 0 Å². The Morgan fingerprint density at radius 2 is 1.95 bits per heavy atom. The molecule has 21 heavy (non-hydrogen) atoms. The fourth-order valence-electron chi connectivity index (χ4n) is 2.03. The Balaban J connectivity index is 1.89. The van der Waals surface area contributed by atoms with Crippen molar-refractivity contribution in [2.24, 2.45) is 0 Å². The minimum atomic E-state index is 0.462. The highest BCUT2D eigenvalue weighted by Gasteiger charge is 2.05. The number of ether oxygens (including phenoxy) is 1. The van der Waals surface area contributed by atoms with Crippen LogP contribution >= 0.6 is 0 Å². The van der Waals surface area contributed by atoms with Crippen LogP contribution in [0.2, 0.25) is 0 Å². The smallest absolute Gasteiger partial charge is 0.146 e. The van der Waals surface area contributed by atoms with E-state index in [4.69, 9.17) is 9.15 Å². The minimum absolute atomic E-state index is 0.462. The largest absolute Gasteiger partial charge is 0.486 e. The highest BCUT2D eigenvalue weighted by Crippen LogP contribution is 2.21. The summed E-state index contributed by atoms with van der Waals surface area (Å²) in [6, 6.07) is 10.7. The molecule has 0 aliphatic carbocycles. The Kier molecular flexibility index (Phi) is 5.45. The number of hydrogen-bond donors (Lipinski definition) is 1. The average Bonchev–Trinajstić information content (AvgIpc) is 2.91. The van der Waals surface area contributed by atoms with Gasteiger partial charge in [0.25, 0.3) is 0 Å². The molecule has 2 aromatic rings. The van der Waals surface area contributed by atoms with E-state index in [1.165, 1.54) is 5.56 Å². The summed E-state index contributed by atoms with van der Waals surface area (Å²) in [6.45, 7) is 9.91. The summed E-state index contributed by atoms with van der Waals surface area (Å²) in [4.78, 5) is 0. The molecule has 0 aliphatic rings. The van der Waals surface area contributed by atoms with Crippen molar-refractivity contribution in [1.82, 2.24) is 5.32 Å². The molecular weight excluding hydrogens is 262 g/mol. The highest BCUT2D eigenvalue weighted by molar-refractivity contribution is 5.30. The third kappa shape index (κ3) is 4.94. The van der Waals surface area contributed by atoms with Crippen LogP contribution in [-0.4, -0.2) is 6.04 Å². The van der Waals surface area contributed by atoms with E-state index in [-0.39, 0.29) is 0 Å². The van der Waals surface area contributed by atoms with Crippen molar-refractivity contribution in [2.45, 2.75) is 52.8 Å². The van der Waals surface area contributed by atoms with Gasteiger partial charge in [0.2, 0.25) is 0 Å². The van der Waals surface area contributed by atoms with Gasteiger partial charge < -0.3 is 14.5 Å². The summed E-state index contributed by atoms with van der Waals surface area (Å²) in [7, 11) is 0. The van der Waals surface area contributed by atoms with Crippen LogP contribution in [0.25, 0.3) is 0 Å². The van der Waals surface area contributed by atoms with Crippen molar-refractivity contribution in [3.63, 3.8) is 0 Å². The van der Waals surface area contributed by atoms with Gasteiger partial charge in [-0.15, -0.1) is 0 Å². The van der Waals surface area contributed by atoms with Gasteiger partial charge in [0.1, 0.15) is 18.1 Å². The molecule has 0 unspecified atom stereocenters. The molecule has 0 radical (unpaired) electrons.